The largest absolute Gasteiger partial charge is 0.388 e. The summed E-state index contributed by atoms with van der Waals surface area (Å²) >= 11 is 0. The second-order valence-electron chi connectivity index (χ2n) is 2.09. The van der Waals surface area contributed by atoms with Crippen molar-refractivity contribution in [2.75, 3.05) is 7.05 Å². The molecule has 0 saturated carbocycles. The summed E-state index contributed by atoms with van der Waals surface area (Å²) < 4.78 is 0. The third-order valence-corrected chi connectivity index (χ3v) is 1.35. The monoisotopic (exact) mass is 227 g/mol. The SMILES string of the molecule is C=C/C(=C\C(C)=C/C)NC.CC.CC.CC. The van der Waals surface area contributed by atoms with Crippen LogP contribution in [-0.4, -0.2) is 7.05 Å². The Morgan fingerprint density at radius 2 is 1.38 bits per heavy atom. The molecule has 0 aliphatic heterocycles. The van der Waals surface area contributed by atoms with Crippen LogP contribution in [-0.2, 0) is 0 Å². The van der Waals surface area contributed by atoms with Crippen molar-refractivity contribution in [1.29, 1.82) is 0 Å². The van der Waals surface area contributed by atoms with E-state index < -0.39 is 0 Å². The molecule has 0 aliphatic rings. The van der Waals surface area contributed by atoms with E-state index in [1.54, 1.807) is 6.08 Å². The van der Waals surface area contributed by atoms with Crippen molar-refractivity contribution in [2.24, 2.45) is 0 Å². The van der Waals surface area contributed by atoms with Crippen molar-refractivity contribution in [2.45, 2.75) is 55.4 Å². The molecule has 1 heteroatoms. The lowest BCUT2D eigenvalue weighted by molar-refractivity contribution is 1.03. The molecule has 0 aromatic rings. The zero-order valence-corrected chi connectivity index (χ0v) is 12.9. The first-order chi connectivity index (χ1) is 7.74. The molecule has 0 fully saturated rings. The Bertz CT molecular complexity index is 164. The third kappa shape index (κ3) is 23.1. The van der Waals surface area contributed by atoms with Gasteiger partial charge < -0.3 is 5.32 Å². The number of hydrogen-bond acceptors (Lipinski definition) is 1. The average Bonchev–Trinajstić information content (AvgIpc) is 2.42. The highest BCUT2D eigenvalue weighted by Crippen LogP contribution is 1.98. The van der Waals surface area contributed by atoms with Gasteiger partial charge in [0.1, 0.15) is 0 Å². The quantitative estimate of drug-likeness (QED) is 0.643. The summed E-state index contributed by atoms with van der Waals surface area (Å²) in [6.45, 7) is 19.7. The second kappa shape index (κ2) is 29.2. The first-order valence-electron chi connectivity index (χ1n) is 6.39. The van der Waals surface area contributed by atoms with Crippen LogP contribution >= 0.6 is 0 Å². The first-order valence-corrected chi connectivity index (χ1v) is 6.39. The van der Waals surface area contributed by atoms with Crippen LogP contribution in [0, 0.1) is 0 Å². The highest BCUT2D eigenvalue weighted by Gasteiger charge is 1.84. The van der Waals surface area contributed by atoms with Crippen molar-refractivity contribution < 1.29 is 0 Å². The molecule has 0 atom stereocenters. The first kappa shape index (κ1) is 24.3. The summed E-state index contributed by atoms with van der Waals surface area (Å²) in [5, 5.41) is 3.02. The molecular weight excluding hydrogens is 194 g/mol. The Kier molecular flexibility index (Phi) is 44.4. The van der Waals surface area contributed by atoms with Crippen LogP contribution in [0.15, 0.2) is 36.1 Å². The lowest BCUT2D eigenvalue weighted by atomic mass is 10.2. The van der Waals surface area contributed by atoms with Gasteiger partial charge in [-0.1, -0.05) is 59.8 Å². The molecule has 0 unspecified atom stereocenters. The average molecular weight is 227 g/mol. The van der Waals surface area contributed by atoms with E-state index in [2.05, 4.69) is 24.9 Å². The van der Waals surface area contributed by atoms with E-state index in [-0.39, 0.29) is 0 Å². The molecule has 0 amide bonds. The Hall–Kier alpha value is -0.980. The smallest absolute Gasteiger partial charge is 0.0334 e. The summed E-state index contributed by atoms with van der Waals surface area (Å²) in [6.07, 6.45) is 5.90. The zero-order valence-electron chi connectivity index (χ0n) is 12.9. The van der Waals surface area contributed by atoms with E-state index in [0.29, 0.717) is 0 Å². The summed E-state index contributed by atoms with van der Waals surface area (Å²) in [6, 6.07) is 0. The normalized spacial score (nSPS) is 9.31. The van der Waals surface area contributed by atoms with Gasteiger partial charge in [0.15, 0.2) is 0 Å². The van der Waals surface area contributed by atoms with Gasteiger partial charge in [0.2, 0.25) is 0 Å². The number of rotatable bonds is 3. The Morgan fingerprint density at radius 3 is 1.56 bits per heavy atom. The molecule has 98 valence electrons. The van der Waals surface area contributed by atoms with Crippen LogP contribution in [0.1, 0.15) is 55.4 Å². The summed E-state index contributed by atoms with van der Waals surface area (Å²) in [7, 11) is 1.89. The van der Waals surface area contributed by atoms with Crippen LogP contribution in [0.25, 0.3) is 0 Å². The predicted molar refractivity (Wildman–Crippen MR) is 80.8 cm³/mol. The molecule has 1 N–H and O–H groups in total. The molecule has 0 radical (unpaired) electrons. The standard InChI is InChI=1S/C9H15N.3C2H6/c1-5-8(3)7-9(6-2)10-4;3*1-2/h5-7,10H,2H2,1,3-4H3;3*1-2H3/b8-5-,9-7+;;;. The molecule has 0 saturated heterocycles. The van der Waals surface area contributed by atoms with Gasteiger partial charge in [-0.25, -0.2) is 0 Å². The maximum atomic E-state index is 3.66. The van der Waals surface area contributed by atoms with Crippen LogP contribution in [0.4, 0.5) is 0 Å². The minimum absolute atomic E-state index is 1.05. The highest BCUT2D eigenvalue weighted by atomic mass is 14.8. The molecule has 0 aliphatic carbocycles. The second-order valence-corrected chi connectivity index (χ2v) is 2.09. The van der Waals surface area contributed by atoms with Gasteiger partial charge in [-0.15, -0.1) is 0 Å². The summed E-state index contributed by atoms with van der Waals surface area (Å²) in [4.78, 5) is 0. The van der Waals surface area contributed by atoms with Crippen molar-refractivity contribution in [3.63, 3.8) is 0 Å². The van der Waals surface area contributed by atoms with Gasteiger partial charge >= 0.3 is 0 Å². The Balaban J connectivity index is -0.000000103. The fraction of sp³-hybridized carbons (Fsp3) is 0.600. The molecule has 0 bridgehead atoms. The number of hydrogen-bond donors (Lipinski definition) is 1. The van der Waals surface area contributed by atoms with E-state index in [9.17, 15) is 0 Å². The van der Waals surface area contributed by atoms with Crippen molar-refractivity contribution >= 4 is 0 Å². The van der Waals surface area contributed by atoms with Crippen LogP contribution in [0.5, 0.6) is 0 Å². The maximum Gasteiger partial charge on any atom is 0.0334 e. The zero-order chi connectivity index (χ0) is 14.0. The van der Waals surface area contributed by atoms with E-state index in [0.717, 1.165) is 5.70 Å². The van der Waals surface area contributed by atoms with Crippen LogP contribution < -0.4 is 5.32 Å². The van der Waals surface area contributed by atoms with Gasteiger partial charge in [0.05, 0.1) is 0 Å². The lowest BCUT2D eigenvalue weighted by Gasteiger charge is -1.98. The molecule has 0 heterocycles. The molecule has 1 nitrogen and oxygen atoms in total. The van der Waals surface area contributed by atoms with E-state index >= 15 is 0 Å². The van der Waals surface area contributed by atoms with Crippen LogP contribution in [0.3, 0.4) is 0 Å². The fourth-order valence-corrected chi connectivity index (χ4v) is 0.562. The molecule has 0 aromatic heterocycles. The van der Waals surface area contributed by atoms with E-state index in [1.165, 1.54) is 5.57 Å². The Morgan fingerprint density at radius 1 is 1.00 bits per heavy atom. The molecule has 16 heavy (non-hydrogen) atoms. The van der Waals surface area contributed by atoms with Gasteiger partial charge in [-0.05, 0) is 26.0 Å². The highest BCUT2D eigenvalue weighted by molar-refractivity contribution is 5.25. The van der Waals surface area contributed by atoms with E-state index in [4.69, 9.17) is 0 Å². The number of allylic oxidation sites excluding steroid dienone is 4. The van der Waals surface area contributed by atoms with Crippen molar-refractivity contribution in [3.8, 4) is 0 Å². The van der Waals surface area contributed by atoms with Crippen molar-refractivity contribution in [1.82, 2.24) is 5.32 Å². The van der Waals surface area contributed by atoms with Gasteiger partial charge in [0.25, 0.3) is 0 Å². The number of likely N-dealkylation sites (N-methyl/N-ethyl adjacent to an activating group) is 1. The van der Waals surface area contributed by atoms with Gasteiger partial charge in [-0.2, -0.15) is 0 Å². The minimum Gasteiger partial charge on any atom is -0.388 e. The predicted octanol–water partition coefficient (Wildman–Crippen LogP) is 5.32. The Labute approximate surface area is 104 Å². The van der Waals surface area contributed by atoms with Gasteiger partial charge in [-0.3, -0.25) is 0 Å². The summed E-state index contributed by atoms with van der Waals surface area (Å²) in [5.41, 5.74) is 2.29. The van der Waals surface area contributed by atoms with Crippen LogP contribution in [0.2, 0.25) is 0 Å². The maximum absolute atomic E-state index is 3.66. The molecule has 0 aromatic carbocycles. The fourth-order valence-electron chi connectivity index (χ4n) is 0.562. The van der Waals surface area contributed by atoms with E-state index in [1.807, 2.05) is 61.6 Å². The molecular formula is C15H33N. The third-order valence-electron chi connectivity index (χ3n) is 1.35. The molecule has 0 spiro atoms. The number of nitrogens with one attached hydrogen (secondary N) is 1. The summed E-state index contributed by atoms with van der Waals surface area (Å²) in [5.74, 6) is 0. The topological polar surface area (TPSA) is 12.0 Å². The van der Waals surface area contributed by atoms with Gasteiger partial charge in [0, 0.05) is 12.7 Å². The molecule has 0 rings (SSSR count). The van der Waals surface area contributed by atoms with Crippen molar-refractivity contribution in [3.05, 3.63) is 36.1 Å². The minimum atomic E-state index is 1.05. The lowest BCUT2D eigenvalue weighted by Crippen LogP contribution is -2.02.